The van der Waals surface area contributed by atoms with E-state index in [1.165, 1.54) is 4.31 Å². The van der Waals surface area contributed by atoms with Crippen LogP contribution < -0.4 is 15.8 Å². The molecule has 1 aliphatic rings. The van der Waals surface area contributed by atoms with Crippen LogP contribution in [0.15, 0.2) is 59.5 Å². The summed E-state index contributed by atoms with van der Waals surface area (Å²) in [6.07, 6.45) is 1.14. The van der Waals surface area contributed by atoms with Crippen molar-refractivity contribution in [2.24, 2.45) is 5.73 Å². The van der Waals surface area contributed by atoms with Gasteiger partial charge in [-0.3, -0.25) is 4.79 Å². The van der Waals surface area contributed by atoms with Gasteiger partial charge in [-0.25, -0.2) is 8.42 Å². The fourth-order valence-electron chi connectivity index (χ4n) is 3.05. The van der Waals surface area contributed by atoms with Crippen LogP contribution in [0.1, 0.15) is 12.8 Å². The van der Waals surface area contributed by atoms with Crippen molar-refractivity contribution in [3.8, 4) is 5.75 Å². The van der Waals surface area contributed by atoms with E-state index in [4.69, 9.17) is 10.5 Å². The van der Waals surface area contributed by atoms with Crippen molar-refractivity contribution in [3.05, 3.63) is 54.6 Å². The molecule has 0 aromatic heterocycles. The monoisotopic (exact) mass is 425 g/mol. The quantitative estimate of drug-likeness (QED) is 0.708. The Labute approximate surface area is 171 Å². The second kappa shape index (κ2) is 9.88. The molecular weight excluding hydrogens is 402 g/mol. The molecule has 0 radical (unpaired) electrons. The van der Waals surface area contributed by atoms with Gasteiger partial charge >= 0.3 is 0 Å². The zero-order chi connectivity index (χ0) is 19.3. The topological polar surface area (TPSA) is 102 Å². The van der Waals surface area contributed by atoms with Gasteiger partial charge in [-0.15, -0.1) is 12.4 Å². The largest absolute Gasteiger partial charge is 0.492 e. The summed E-state index contributed by atoms with van der Waals surface area (Å²) in [5.41, 5.74) is 5.98. The minimum absolute atomic E-state index is 0. The Bertz CT molecular complexity index is 876. The first-order valence-corrected chi connectivity index (χ1v) is 10.3. The Morgan fingerprint density at radius 3 is 2.46 bits per heavy atom. The van der Waals surface area contributed by atoms with Crippen LogP contribution in [-0.4, -0.2) is 44.4 Å². The minimum atomic E-state index is -3.70. The first-order chi connectivity index (χ1) is 13.0. The summed E-state index contributed by atoms with van der Waals surface area (Å²) in [5.74, 6) is 0.329. The molecule has 28 heavy (non-hydrogen) atoms. The lowest BCUT2D eigenvalue weighted by Crippen LogP contribution is -2.43. The number of nitrogens with one attached hydrogen (secondary N) is 1. The van der Waals surface area contributed by atoms with Crippen LogP contribution in [0.4, 0.5) is 5.69 Å². The molecule has 1 fully saturated rings. The van der Waals surface area contributed by atoms with E-state index in [2.05, 4.69) is 5.32 Å². The van der Waals surface area contributed by atoms with Gasteiger partial charge in [-0.05, 0) is 49.2 Å². The van der Waals surface area contributed by atoms with Gasteiger partial charge in [0, 0.05) is 18.8 Å². The average Bonchev–Trinajstić information content (AvgIpc) is 3.19. The molecule has 3 rings (SSSR count). The van der Waals surface area contributed by atoms with Crippen LogP contribution in [0.25, 0.3) is 0 Å². The lowest BCUT2D eigenvalue weighted by Gasteiger charge is -2.23. The van der Waals surface area contributed by atoms with E-state index < -0.39 is 16.1 Å². The summed E-state index contributed by atoms with van der Waals surface area (Å²) in [7, 11) is -3.70. The summed E-state index contributed by atoms with van der Waals surface area (Å²) in [4.78, 5) is 12.9. The Hall–Kier alpha value is -2.13. The average molecular weight is 426 g/mol. The molecule has 1 saturated heterocycles. The normalized spacial score (nSPS) is 17.0. The second-order valence-corrected chi connectivity index (χ2v) is 8.13. The van der Waals surface area contributed by atoms with E-state index in [0.717, 1.165) is 0 Å². The molecular formula is C19H24ClN3O4S. The number of hydrogen-bond donors (Lipinski definition) is 2. The van der Waals surface area contributed by atoms with E-state index in [1.54, 1.807) is 54.6 Å². The van der Waals surface area contributed by atoms with Crippen LogP contribution in [-0.2, 0) is 14.8 Å². The van der Waals surface area contributed by atoms with E-state index in [1.807, 2.05) is 0 Å². The first kappa shape index (κ1) is 22.2. The smallest absolute Gasteiger partial charge is 0.243 e. The van der Waals surface area contributed by atoms with Crippen LogP contribution in [0.2, 0.25) is 0 Å². The Morgan fingerprint density at radius 1 is 1.14 bits per heavy atom. The van der Waals surface area contributed by atoms with Crippen molar-refractivity contribution in [1.82, 2.24) is 4.31 Å². The molecule has 0 aliphatic carbocycles. The van der Waals surface area contributed by atoms with Crippen LogP contribution in [0, 0.1) is 0 Å². The number of amides is 1. The second-order valence-electron chi connectivity index (χ2n) is 6.24. The molecule has 0 saturated carbocycles. The number of nitrogens with two attached hydrogens (primary N) is 1. The molecule has 3 N–H and O–H groups in total. The van der Waals surface area contributed by atoms with Gasteiger partial charge in [0.15, 0.2) is 0 Å². The van der Waals surface area contributed by atoms with Gasteiger partial charge in [0.2, 0.25) is 15.9 Å². The van der Waals surface area contributed by atoms with Crippen molar-refractivity contribution in [3.63, 3.8) is 0 Å². The molecule has 1 unspecified atom stereocenters. The predicted octanol–water partition coefficient (Wildman–Crippen LogP) is 2.24. The number of benzene rings is 2. The van der Waals surface area contributed by atoms with Crippen LogP contribution in [0.3, 0.4) is 0 Å². The Balaban J connectivity index is 0.00000280. The molecule has 152 valence electrons. The van der Waals surface area contributed by atoms with Crippen LogP contribution >= 0.6 is 12.4 Å². The van der Waals surface area contributed by atoms with Gasteiger partial charge in [0.1, 0.15) is 18.4 Å². The van der Waals surface area contributed by atoms with Gasteiger partial charge in [-0.2, -0.15) is 4.31 Å². The molecule has 7 nitrogen and oxygen atoms in total. The number of anilines is 1. The third kappa shape index (κ3) is 5.02. The van der Waals surface area contributed by atoms with Gasteiger partial charge in [0.05, 0.1) is 4.90 Å². The third-order valence-corrected chi connectivity index (χ3v) is 6.29. The summed E-state index contributed by atoms with van der Waals surface area (Å²) in [6.45, 7) is 1.17. The minimum Gasteiger partial charge on any atom is -0.492 e. The van der Waals surface area contributed by atoms with E-state index >= 15 is 0 Å². The van der Waals surface area contributed by atoms with Crippen molar-refractivity contribution < 1.29 is 17.9 Å². The highest BCUT2D eigenvalue weighted by molar-refractivity contribution is 7.89. The number of rotatable bonds is 7. The lowest BCUT2D eigenvalue weighted by atomic mass is 10.2. The number of nitrogens with zero attached hydrogens (tertiary/aromatic N) is 1. The van der Waals surface area contributed by atoms with E-state index in [9.17, 15) is 13.2 Å². The molecule has 2 aromatic rings. The summed E-state index contributed by atoms with van der Waals surface area (Å²) < 4.78 is 32.4. The summed E-state index contributed by atoms with van der Waals surface area (Å²) >= 11 is 0. The maximum atomic E-state index is 12.9. The molecule has 1 aliphatic heterocycles. The highest BCUT2D eigenvalue weighted by Gasteiger charge is 2.39. The highest BCUT2D eigenvalue weighted by Crippen LogP contribution is 2.27. The molecule has 0 spiro atoms. The SMILES string of the molecule is Cl.NCCOc1ccc(NC(=O)C2CCCN2S(=O)(=O)c2ccccc2)cc1. The molecule has 0 bridgehead atoms. The van der Waals surface area contributed by atoms with Gasteiger partial charge in [-0.1, -0.05) is 18.2 Å². The number of hydrogen-bond acceptors (Lipinski definition) is 5. The number of carbonyl (C=O) groups is 1. The lowest BCUT2D eigenvalue weighted by molar-refractivity contribution is -0.119. The number of carbonyl (C=O) groups excluding carboxylic acids is 1. The number of halogens is 1. The zero-order valence-electron chi connectivity index (χ0n) is 15.3. The third-order valence-electron chi connectivity index (χ3n) is 4.36. The zero-order valence-corrected chi connectivity index (χ0v) is 16.9. The molecule has 9 heteroatoms. The molecule has 1 heterocycles. The summed E-state index contributed by atoms with van der Waals surface area (Å²) in [6, 6.07) is 14.4. The van der Waals surface area contributed by atoms with Gasteiger partial charge in [0.25, 0.3) is 0 Å². The van der Waals surface area contributed by atoms with Gasteiger partial charge < -0.3 is 15.8 Å². The fraction of sp³-hybridized carbons (Fsp3) is 0.316. The van der Waals surface area contributed by atoms with Crippen molar-refractivity contribution in [2.45, 2.75) is 23.8 Å². The van der Waals surface area contributed by atoms with E-state index in [0.29, 0.717) is 44.0 Å². The predicted molar refractivity (Wildman–Crippen MR) is 110 cm³/mol. The van der Waals surface area contributed by atoms with Crippen molar-refractivity contribution in [2.75, 3.05) is 25.0 Å². The number of ether oxygens (including phenoxy) is 1. The standard InChI is InChI=1S/C19H23N3O4S.ClH/c20-12-14-26-16-10-8-15(9-11-16)21-19(23)18-7-4-13-22(18)27(24,25)17-5-2-1-3-6-17;/h1-3,5-6,8-11,18H,4,7,12-14,20H2,(H,21,23);1H. The fourth-order valence-corrected chi connectivity index (χ4v) is 4.73. The molecule has 1 amide bonds. The number of sulfonamides is 1. The Morgan fingerprint density at radius 2 is 1.82 bits per heavy atom. The maximum Gasteiger partial charge on any atom is 0.243 e. The van der Waals surface area contributed by atoms with E-state index in [-0.39, 0.29) is 23.2 Å². The Kier molecular flexibility index (Phi) is 7.82. The first-order valence-electron chi connectivity index (χ1n) is 8.83. The van der Waals surface area contributed by atoms with Crippen molar-refractivity contribution >= 4 is 34.0 Å². The molecule has 2 aromatic carbocycles. The van der Waals surface area contributed by atoms with Crippen LogP contribution in [0.5, 0.6) is 5.75 Å². The van der Waals surface area contributed by atoms with Crippen molar-refractivity contribution in [1.29, 1.82) is 0 Å². The summed E-state index contributed by atoms with van der Waals surface area (Å²) in [5, 5.41) is 2.80. The molecule has 1 atom stereocenters. The highest BCUT2D eigenvalue weighted by atomic mass is 35.5. The maximum absolute atomic E-state index is 12.9.